The van der Waals surface area contributed by atoms with Gasteiger partial charge in [0.15, 0.2) is 9.84 Å². The summed E-state index contributed by atoms with van der Waals surface area (Å²) < 4.78 is 28.6. The molecule has 1 amide bonds. The monoisotopic (exact) mass is 449 g/mol. The molecule has 2 atom stereocenters. The van der Waals surface area contributed by atoms with Gasteiger partial charge in [-0.25, -0.2) is 13.4 Å². The standard InChI is InChI=1S/C24H23N3O4S/c1-16(12-13-32(2,29)30)26-23(28)21-15-25-22(20-14-17-8-6-7-11-19(17)20)27-24(21)31-18-9-4-3-5-10-18/h3-13,15-16,20H,14H2,1-2H3,(H,26,28)/b13-12+. The normalized spacial score (nSPS) is 16.1. The Balaban J connectivity index is 1.62. The van der Waals surface area contributed by atoms with Gasteiger partial charge in [-0.1, -0.05) is 48.5 Å². The third kappa shape index (κ3) is 5.03. The molecule has 2 aromatic carbocycles. The molecule has 4 rings (SSSR count). The first-order valence-electron chi connectivity index (χ1n) is 10.2. The molecule has 1 N–H and O–H groups in total. The Morgan fingerprint density at radius 3 is 2.59 bits per heavy atom. The second kappa shape index (κ2) is 8.92. The fourth-order valence-electron chi connectivity index (χ4n) is 3.46. The summed E-state index contributed by atoms with van der Waals surface area (Å²) in [4.78, 5) is 21.9. The van der Waals surface area contributed by atoms with Gasteiger partial charge < -0.3 is 10.1 Å². The van der Waals surface area contributed by atoms with Crippen LogP contribution in [0.15, 0.2) is 72.3 Å². The van der Waals surface area contributed by atoms with Gasteiger partial charge >= 0.3 is 0 Å². The van der Waals surface area contributed by atoms with E-state index in [2.05, 4.69) is 27.4 Å². The van der Waals surface area contributed by atoms with E-state index in [1.807, 2.05) is 30.3 Å². The lowest BCUT2D eigenvalue weighted by atomic mass is 9.77. The van der Waals surface area contributed by atoms with Crippen LogP contribution in [0, 0.1) is 0 Å². The van der Waals surface area contributed by atoms with Gasteiger partial charge in [-0.15, -0.1) is 0 Å². The van der Waals surface area contributed by atoms with Crippen molar-refractivity contribution in [2.24, 2.45) is 0 Å². The maximum Gasteiger partial charge on any atom is 0.258 e. The summed E-state index contributed by atoms with van der Waals surface area (Å²) in [6.07, 6.45) is 4.80. The van der Waals surface area contributed by atoms with Gasteiger partial charge in [0.1, 0.15) is 17.1 Å². The predicted octanol–water partition coefficient (Wildman–Crippen LogP) is 3.63. The van der Waals surface area contributed by atoms with Crippen LogP contribution in [-0.2, 0) is 16.3 Å². The fourth-order valence-corrected chi connectivity index (χ4v) is 3.98. The minimum absolute atomic E-state index is 0.0538. The first-order chi connectivity index (χ1) is 15.3. The average molecular weight is 450 g/mol. The molecule has 0 fully saturated rings. The zero-order valence-electron chi connectivity index (χ0n) is 17.7. The Morgan fingerprint density at radius 2 is 1.88 bits per heavy atom. The molecule has 1 aliphatic carbocycles. The Bertz CT molecular complexity index is 1270. The van der Waals surface area contributed by atoms with Gasteiger partial charge in [0.2, 0.25) is 5.88 Å². The van der Waals surface area contributed by atoms with Crippen molar-refractivity contribution in [3.8, 4) is 11.6 Å². The molecular formula is C24H23N3O4S. The summed E-state index contributed by atoms with van der Waals surface area (Å²) in [5, 5.41) is 3.80. The second-order valence-corrected chi connectivity index (χ2v) is 9.67. The Kier molecular flexibility index (Phi) is 6.05. The van der Waals surface area contributed by atoms with Crippen molar-refractivity contribution in [1.82, 2.24) is 15.3 Å². The largest absolute Gasteiger partial charge is 0.438 e. The highest BCUT2D eigenvalue weighted by molar-refractivity contribution is 7.93. The zero-order valence-corrected chi connectivity index (χ0v) is 18.5. The van der Waals surface area contributed by atoms with Crippen molar-refractivity contribution in [3.05, 3.63) is 94.8 Å². The number of hydrogen-bond acceptors (Lipinski definition) is 6. The molecule has 1 heterocycles. The summed E-state index contributed by atoms with van der Waals surface area (Å²) in [6.45, 7) is 1.68. The van der Waals surface area contributed by atoms with Crippen LogP contribution in [0.4, 0.5) is 0 Å². The maximum absolute atomic E-state index is 12.9. The number of fused-ring (bicyclic) bond motifs is 1. The highest BCUT2D eigenvalue weighted by Crippen LogP contribution is 2.39. The minimum Gasteiger partial charge on any atom is -0.438 e. The van der Waals surface area contributed by atoms with Crippen molar-refractivity contribution in [2.45, 2.75) is 25.3 Å². The van der Waals surface area contributed by atoms with E-state index in [1.165, 1.54) is 23.4 Å². The van der Waals surface area contributed by atoms with Gasteiger partial charge in [-0.3, -0.25) is 4.79 Å². The first-order valence-corrected chi connectivity index (χ1v) is 12.1. The van der Waals surface area contributed by atoms with E-state index in [0.717, 1.165) is 18.1 Å². The Labute approximate surface area is 187 Å². The molecule has 0 bridgehead atoms. The number of benzene rings is 2. The molecule has 1 aliphatic rings. The molecule has 7 nitrogen and oxygen atoms in total. The van der Waals surface area contributed by atoms with Gasteiger partial charge in [0, 0.05) is 29.8 Å². The second-order valence-electron chi connectivity index (χ2n) is 7.74. The molecular weight excluding hydrogens is 426 g/mol. The van der Waals surface area contributed by atoms with E-state index in [1.54, 1.807) is 19.1 Å². The van der Waals surface area contributed by atoms with Crippen molar-refractivity contribution in [3.63, 3.8) is 0 Å². The van der Waals surface area contributed by atoms with Crippen LogP contribution in [0.2, 0.25) is 0 Å². The van der Waals surface area contributed by atoms with Crippen molar-refractivity contribution >= 4 is 15.7 Å². The number of carbonyl (C=O) groups excluding carboxylic acids is 1. The number of para-hydroxylation sites is 1. The van der Waals surface area contributed by atoms with Crippen molar-refractivity contribution < 1.29 is 17.9 Å². The van der Waals surface area contributed by atoms with E-state index in [4.69, 9.17) is 4.74 Å². The SMILES string of the molecule is CC(/C=C/S(C)(=O)=O)NC(=O)c1cnc(C2Cc3ccccc32)nc1Oc1ccccc1. The highest BCUT2D eigenvalue weighted by atomic mass is 32.2. The molecule has 0 saturated heterocycles. The Morgan fingerprint density at radius 1 is 1.16 bits per heavy atom. The summed E-state index contributed by atoms with van der Waals surface area (Å²) >= 11 is 0. The van der Waals surface area contributed by atoms with Crippen LogP contribution in [0.3, 0.4) is 0 Å². The van der Waals surface area contributed by atoms with Crippen LogP contribution in [0.1, 0.15) is 40.2 Å². The number of nitrogens with one attached hydrogen (secondary N) is 1. The summed E-state index contributed by atoms with van der Waals surface area (Å²) in [6, 6.07) is 16.7. The molecule has 3 aromatic rings. The van der Waals surface area contributed by atoms with E-state index in [9.17, 15) is 13.2 Å². The highest BCUT2D eigenvalue weighted by Gasteiger charge is 2.30. The lowest BCUT2D eigenvalue weighted by Gasteiger charge is -2.29. The topological polar surface area (TPSA) is 98.2 Å². The van der Waals surface area contributed by atoms with Crippen molar-refractivity contribution in [1.29, 1.82) is 0 Å². The molecule has 32 heavy (non-hydrogen) atoms. The van der Waals surface area contributed by atoms with Crippen LogP contribution >= 0.6 is 0 Å². The molecule has 0 radical (unpaired) electrons. The van der Waals surface area contributed by atoms with E-state index in [0.29, 0.717) is 11.6 Å². The van der Waals surface area contributed by atoms with E-state index < -0.39 is 21.8 Å². The lowest BCUT2D eigenvalue weighted by Crippen LogP contribution is -2.32. The number of ether oxygens (including phenoxy) is 1. The van der Waals surface area contributed by atoms with Gasteiger partial charge in [-0.2, -0.15) is 4.98 Å². The smallest absolute Gasteiger partial charge is 0.258 e. The van der Waals surface area contributed by atoms with Gasteiger partial charge in [-0.05, 0) is 36.6 Å². The van der Waals surface area contributed by atoms with Gasteiger partial charge in [0.05, 0.1) is 0 Å². The van der Waals surface area contributed by atoms with Crippen LogP contribution in [-0.4, -0.2) is 36.6 Å². The third-order valence-corrected chi connectivity index (χ3v) is 5.77. The lowest BCUT2D eigenvalue weighted by molar-refractivity contribution is 0.0943. The van der Waals surface area contributed by atoms with Crippen LogP contribution in [0.25, 0.3) is 0 Å². The number of rotatable bonds is 7. The number of nitrogens with zero attached hydrogens (tertiary/aromatic N) is 2. The number of carbonyl (C=O) groups is 1. The maximum atomic E-state index is 12.9. The minimum atomic E-state index is -3.29. The fraction of sp³-hybridized carbons (Fsp3) is 0.208. The quantitative estimate of drug-likeness (QED) is 0.591. The number of hydrogen-bond donors (Lipinski definition) is 1. The predicted molar refractivity (Wildman–Crippen MR) is 121 cm³/mol. The van der Waals surface area contributed by atoms with E-state index in [-0.39, 0.29) is 17.4 Å². The molecule has 0 aliphatic heterocycles. The summed E-state index contributed by atoms with van der Waals surface area (Å²) in [5.41, 5.74) is 2.61. The number of amides is 1. The van der Waals surface area contributed by atoms with Crippen LogP contribution in [0.5, 0.6) is 11.6 Å². The molecule has 2 unspecified atom stereocenters. The molecule has 8 heteroatoms. The first kappa shape index (κ1) is 21.7. The van der Waals surface area contributed by atoms with E-state index >= 15 is 0 Å². The van der Waals surface area contributed by atoms with Crippen molar-refractivity contribution in [2.75, 3.05) is 6.26 Å². The van der Waals surface area contributed by atoms with Gasteiger partial charge in [0.25, 0.3) is 5.91 Å². The average Bonchev–Trinajstić information content (AvgIpc) is 2.73. The molecule has 0 spiro atoms. The third-order valence-electron chi connectivity index (χ3n) is 5.11. The summed E-state index contributed by atoms with van der Waals surface area (Å²) in [7, 11) is -3.29. The zero-order chi connectivity index (χ0) is 22.7. The molecule has 0 saturated carbocycles. The number of sulfone groups is 1. The number of aromatic nitrogens is 2. The van der Waals surface area contributed by atoms with Crippen LogP contribution < -0.4 is 10.1 Å². The summed E-state index contributed by atoms with van der Waals surface area (Å²) in [5.74, 6) is 0.893. The molecule has 1 aromatic heterocycles. The Hall–Kier alpha value is -3.52. The molecule has 164 valence electrons.